The molecule has 0 saturated heterocycles. The second kappa shape index (κ2) is 28.9. The molecule has 24 aromatic rings. The third-order valence-corrected chi connectivity index (χ3v) is 24.6. The minimum Gasteiger partial charge on any atom is -0.309 e. The van der Waals surface area contributed by atoms with Crippen molar-refractivity contribution in [1.29, 1.82) is 0 Å². The number of rotatable bonds is 9. The summed E-state index contributed by atoms with van der Waals surface area (Å²) >= 11 is 0. The monoisotopic (exact) mass is 1540 g/mol. The van der Waals surface area contributed by atoms with Crippen LogP contribution in [0.4, 0.5) is 0 Å². The highest BCUT2D eigenvalue weighted by Gasteiger charge is 2.21. The number of para-hydroxylation sites is 6. The summed E-state index contributed by atoms with van der Waals surface area (Å²) in [6, 6.07) is 146. The van der Waals surface area contributed by atoms with Gasteiger partial charge in [0.25, 0.3) is 0 Å². The summed E-state index contributed by atoms with van der Waals surface area (Å²) < 4.78 is 14.4. The van der Waals surface area contributed by atoms with Gasteiger partial charge in [-0.25, -0.2) is 0 Å². The molecule has 0 saturated carbocycles. The van der Waals surface area contributed by atoms with Gasteiger partial charge in [-0.3, -0.25) is 0 Å². The average Bonchev–Trinajstić information content (AvgIpc) is 1.70. The summed E-state index contributed by atoms with van der Waals surface area (Å²) in [6.07, 6.45) is 0. The van der Waals surface area contributed by atoms with Gasteiger partial charge >= 0.3 is 0 Å². The normalized spacial score (nSPS) is 11.8. The fraction of sp³-hybridized carbons (Fsp3) is 0.0526. The zero-order valence-electron chi connectivity index (χ0n) is 67.8. The highest BCUT2D eigenvalue weighted by Crippen LogP contribution is 2.43. The van der Waals surface area contributed by atoms with Gasteiger partial charge in [0.1, 0.15) is 0 Å². The summed E-state index contributed by atoms with van der Waals surface area (Å²) in [6.45, 7) is 13.0. The van der Waals surface area contributed by atoms with E-state index in [4.69, 9.17) is 0 Å². The van der Waals surface area contributed by atoms with Crippen LogP contribution in [0, 0.1) is 41.5 Å². The van der Waals surface area contributed by atoms with Crippen LogP contribution in [0.2, 0.25) is 0 Å². The number of aromatic nitrogens is 6. The number of aryl methyl sites for hydroxylation is 6. The highest BCUT2D eigenvalue weighted by atomic mass is 15.0. The van der Waals surface area contributed by atoms with Crippen molar-refractivity contribution in [2.45, 2.75) is 41.5 Å². The SMILES string of the molecule is Cc1ccc2c(c1)c1cc(C)ccc1n2-c1cccc(-c2cccc(-n3c4ccc(C)cc4c4cc(C)ccc43)c2)c1.Cc1ccc2c(c1)c1ccccc1n2-c1cccc(-c2cccc(-n3c4ccccc4c4cc(C)ccc43)c2)c1.c1cc(-c2cccc(-n3c4ccccc4c4ccccc43)c2)cc(-n2c3ccccc3c3ccccc32)c1. The third-order valence-electron chi connectivity index (χ3n) is 24.6. The maximum Gasteiger partial charge on any atom is 0.0541 e. The van der Waals surface area contributed by atoms with Gasteiger partial charge in [-0.2, -0.15) is 0 Å². The van der Waals surface area contributed by atoms with Gasteiger partial charge in [0.15, 0.2) is 0 Å². The van der Waals surface area contributed by atoms with Crippen LogP contribution in [0.5, 0.6) is 0 Å². The Bertz CT molecular complexity index is 7550. The molecule has 0 N–H and O–H groups in total. The minimum absolute atomic E-state index is 1.17. The molecule has 120 heavy (non-hydrogen) atoms. The molecule has 0 unspecified atom stereocenters. The maximum absolute atomic E-state index is 2.41. The molecule has 6 heterocycles. The van der Waals surface area contributed by atoms with Crippen molar-refractivity contribution < 1.29 is 0 Å². The number of hydrogen-bond acceptors (Lipinski definition) is 0. The first-order valence-electron chi connectivity index (χ1n) is 41.6. The van der Waals surface area contributed by atoms with Gasteiger partial charge < -0.3 is 27.4 Å². The van der Waals surface area contributed by atoms with E-state index >= 15 is 0 Å². The van der Waals surface area contributed by atoms with Crippen LogP contribution < -0.4 is 0 Å². The van der Waals surface area contributed by atoms with Crippen LogP contribution in [0.25, 0.3) is 198 Å². The Balaban J connectivity index is 0.000000108. The van der Waals surface area contributed by atoms with Crippen LogP contribution in [0.3, 0.4) is 0 Å². The molecule has 0 aliphatic carbocycles. The Morgan fingerprint density at radius 1 is 0.117 bits per heavy atom. The van der Waals surface area contributed by atoms with E-state index < -0.39 is 0 Å². The van der Waals surface area contributed by atoms with Gasteiger partial charge in [-0.15, -0.1) is 0 Å². The lowest BCUT2D eigenvalue weighted by Crippen LogP contribution is -1.96. The van der Waals surface area contributed by atoms with E-state index in [-0.39, 0.29) is 0 Å². The quantitative estimate of drug-likeness (QED) is 0.138. The maximum atomic E-state index is 2.41. The Morgan fingerprint density at radius 3 is 0.433 bits per heavy atom. The van der Waals surface area contributed by atoms with Crippen molar-refractivity contribution in [1.82, 2.24) is 27.4 Å². The molecule has 6 aromatic heterocycles. The van der Waals surface area contributed by atoms with E-state index in [1.54, 1.807) is 0 Å². The molecule has 0 aliphatic heterocycles. The molecule has 0 atom stereocenters. The minimum atomic E-state index is 1.17. The molecule has 0 spiro atoms. The molecule has 0 fully saturated rings. The largest absolute Gasteiger partial charge is 0.309 e. The van der Waals surface area contributed by atoms with Crippen LogP contribution in [-0.2, 0) is 0 Å². The van der Waals surface area contributed by atoms with E-state index in [1.807, 2.05) is 0 Å². The standard InChI is InChI=1S/C40H32N2.C38H28N2.C36H24N2/c1-25-11-15-37-33(19-25)34-20-26(2)12-16-38(34)41(37)31-9-5-7-29(23-31)30-8-6-10-32(24-30)42-39-17-13-27(3)21-35(39)36-22-28(4)14-18-40(36)42;1-25-17-19-37-33(21-25)31-13-3-5-15-35(31)39(37)29-11-7-9-27(23-29)28-10-8-12-30(24-28)40-36-16-6-4-14-32(36)34-22-26(2)18-20-38(34)40;1-5-19-33-29(15-1)30-16-2-6-20-34(30)37(33)27-13-9-11-25(23-27)26-12-10-14-28(24-26)38-35-21-7-3-17-31(35)32-18-4-8-22-36(32)38/h5-24H,1-4H3;3-24H,1-2H3;1-24H. The zero-order chi connectivity index (χ0) is 80.4. The molecular weight excluding hydrogens is 1450 g/mol. The fourth-order valence-electron chi connectivity index (χ4n) is 19.1. The summed E-state index contributed by atoms with van der Waals surface area (Å²) in [5.74, 6) is 0. The van der Waals surface area contributed by atoms with E-state index in [0.29, 0.717) is 0 Å². The highest BCUT2D eigenvalue weighted by molar-refractivity contribution is 6.15. The van der Waals surface area contributed by atoms with Gasteiger partial charge in [0.2, 0.25) is 0 Å². The Morgan fingerprint density at radius 2 is 0.258 bits per heavy atom. The van der Waals surface area contributed by atoms with Crippen molar-refractivity contribution in [3.05, 3.63) is 434 Å². The summed E-state index contributed by atoms with van der Waals surface area (Å²) in [5.41, 5.74) is 36.7. The van der Waals surface area contributed by atoms with E-state index in [2.05, 4.69) is 469 Å². The summed E-state index contributed by atoms with van der Waals surface area (Å²) in [4.78, 5) is 0. The van der Waals surface area contributed by atoms with Crippen LogP contribution >= 0.6 is 0 Å². The van der Waals surface area contributed by atoms with Crippen molar-refractivity contribution in [2.24, 2.45) is 0 Å². The van der Waals surface area contributed by atoms with Gasteiger partial charge in [0.05, 0.1) is 66.2 Å². The van der Waals surface area contributed by atoms with E-state index in [9.17, 15) is 0 Å². The lowest BCUT2D eigenvalue weighted by Gasteiger charge is -2.13. The van der Waals surface area contributed by atoms with Crippen molar-refractivity contribution in [3.8, 4) is 67.5 Å². The second-order valence-electron chi connectivity index (χ2n) is 32.5. The summed E-state index contributed by atoms with van der Waals surface area (Å²) in [5, 5.41) is 15.5. The first-order chi connectivity index (χ1) is 59.0. The number of nitrogens with zero attached hydrogens (tertiary/aromatic N) is 6. The first-order valence-corrected chi connectivity index (χ1v) is 41.6. The molecule has 6 heteroatoms. The lowest BCUT2D eigenvalue weighted by molar-refractivity contribution is 1.17. The second-order valence-corrected chi connectivity index (χ2v) is 32.5. The Labute approximate surface area is 696 Å². The molecule has 24 rings (SSSR count). The topological polar surface area (TPSA) is 29.6 Å². The van der Waals surface area contributed by atoms with Gasteiger partial charge in [0, 0.05) is 98.8 Å². The Hall–Kier alpha value is -15.2. The lowest BCUT2D eigenvalue weighted by atomic mass is 10.0. The third kappa shape index (κ3) is 12.1. The molecule has 6 nitrogen and oxygen atoms in total. The summed E-state index contributed by atoms with van der Waals surface area (Å²) in [7, 11) is 0. The van der Waals surface area contributed by atoms with Crippen molar-refractivity contribution >= 4 is 131 Å². The van der Waals surface area contributed by atoms with Gasteiger partial charge in [-0.05, 0) is 257 Å². The molecule has 0 amide bonds. The first kappa shape index (κ1) is 71.3. The molecule has 18 aromatic carbocycles. The van der Waals surface area contributed by atoms with Crippen molar-refractivity contribution in [2.75, 3.05) is 0 Å². The predicted octanol–water partition coefficient (Wildman–Crippen LogP) is 30.5. The zero-order valence-corrected chi connectivity index (χ0v) is 67.8. The predicted molar refractivity (Wildman–Crippen MR) is 510 cm³/mol. The average molecular weight is 1540 g/mol. The molecule has 0 bridgehead atoms. The Kier molecular flexibility index (Phi) is 17.2. The van der Waals surface area contributed by atoms with E-state index in [0.717, 1.165) is 0 Å². The van der Waals surface area contributed by atoms with E-state index in [1.165, 1.54) is 232 Å². The number of benzene rings is 18. The fourth-order valence-corrected chi connectivity index (χ4v) is 19.1. The molecular formula is C114H84N6. The molecule has 570 valence electrons. The number of fused-ring (bicyclic) bond motifs is 18. The van der Waals surface area contributed by atoms with Crippen LogP contribution in [0.15, 0.2) is 400 Å². The molecule has 0 radical (unpaired) electrons. The molecule has 0 aliphatic rings. The van der Waals surface area contributed by atoms with Crippen molar-refractivity contribution in [3.63, 3.8) is 0 Å². The van der Waals surface area contributed by atoms with Crippen LogP contribution in [-0.4, -0.2) is 27.4 Å². The number of hydrogen-bond donors (Lipinski definition) is 0. The van der Waals surface area contributed by atoms with Gasteiger partial charge in [-0.1, -0.05) is 252 Å². The smallest absolute Gasteiger partial charge is 0.0541 e. The van der Waals surface area contributed by atoms with Crippen LogP contribution in [0.1, 0.15) is 33.4 Å².